The molecule has 6 heteroatoms. The number of hydrogen-bond acceptors (Lipinski definition) is 5. The molecule has 0 saturated carbocycles. The van der Waals surface area contributed by atoms with Crippen LogP contribution in [0.15, 0.2) is 28.4 Å². The van der Waals surface area contributed by atoms with E-state index < -0.39 is 5.60 Å². The van der Waals surface area contributed by atoms with Crippen LogP contribution >= 0.6 is 0 Å². The summed E-state index contributed by atoms with van der Waals surface area (Å²) in [5.74, 6) is 1.37. The second kappa shape index (κ2) is 10.1. The molecule has 4 rings (SSSR count). The highest BCUT2D eigenvalue weighted by molar-refractivity contribution is 5.94. The van der Waals surface area contributed by atoms with Gasteiger partial charge in [-0.25, -0.2) is 0 Å². The highest BCUT2D eigenvalue weighted by Crippen LogP contribution is 2.35. The van der Waals surface area contributed by atoms with Gasteiger partial charge in [0.15, 0.2) is 0 Å². The molecule has 4 heterocycles. The fourth-order valence-electron chi connectivity index (χ4n) is 4.93. The van der Waals surface area contributed by atoms with Crippen LogP contribution in [0.2, 0.25) is 0 Å². The standard InChI is InChI=1S/C29H39N3O3/c1-8-18(2)13-23(28-20(4)31-35-21(28)5)14-25-19(3)24-16-30-27(29(6,7)33)15-26(24)32(25)17-22-9-11-34-12-10-22/h13-16,22,33H,8-12,17H2,1-7H3/b18-13+,23-14+. The van der Waals surface area contributed by atoms with E-state index in [9.17, 15) is 5.11 Å². The van der Waals surface area contributed by atoms with Crippen molar-refractivity contribution in [3.05, 3.63) is 57.9 Å². The van der Waals surface area contributed by atoms with Crippen molar-refractivity contribution in [2.45, 2.75) is 79.9 Å². The molecule has 0 radical (unpaired) electrons. The van der Waals surface area contributed by atoms with Gasteiger partial charge in [0.1, 0.15) is 11.4 Å². The number of hydrogen-bond donors (Lipinski definition) is 1. The van der Waals surface area contributed by atoms with Crippen molar-refractivity contribution >= 4 is 22.6 Å². The second-order valence-corrected chi connectivity index (χ2v) is 10.5. The maximum atomic E-state index is 10.7. The zero-order chi connectivity index (χ0) is 25.3. The molecule has 0 aromatic carbocycles. The second-order valence-electron chi connectivity index (χ2n) is 10.5. The normalized spacial score (nSPS) is 16.5. The van der Waals surface area contributed by atoms with Crippen molar-refractivity contribution in [2.24, 2.45) is 5.92 Å². The SMILES string of the molecule is CC/C(C)=C/C(=C\c1c(C)c2cnc(C(C)(C)O)cc2n1CC1CCOCC1)c1c(C)noc1C. The fraction of sp³-hybridized carbons (Fsp3) is 0.517. The van der Waals surface area contributed by atoms with E-state index in [1.54, 1.807) is 13.8 Å². The van der Waals surface area contributed by atoms with Gasteiger partial charge in [0.25, 0.3) is 0 Å². The van der Waals surface area contributed by atoms with Crippen LogP contribution in [-0.4, -0.2) is 33.0 Å². The van der Waals surface area contributed by atoms with Gasteiger partial charge >= 0.3 is 0 Å². The zero-order valence-electron chi connectivity index (χ0n) is 22.2. The van der Waals surface area contributed by atoms with Gasteiger partial charge in [-0.05, 0) is 90.0 Å². The van der Waals surface area contributed by atoms with Crippen molar-refractivity contribution in [2.75, 3.05) is 13.2 Å². The average molecular weight is 478 g/mol. The average Bonchev–Trinajstić information content (AvgIpc) is 3.29. The molecule has 1 aliphatic heterocycles. The predicted molar refractivity (Wildman–Crippen MR) is 141 cm³/mol. The van der Waals surface area contributed by atoms with Gasteiger partial charge in [-0.1, -0.05) is 23.7 Å². The third-order valence-corrected chi connectivity index (χ3v) is 7.23. The summed E-state index contributed by atoms with van der Waals surface area (Å²) >= 11 is 0. The van der Waals surface area contributed by atoms with E-state index in [0.717, 1.165) is 78.2 Å². The summed E-state index contributed by atoms with van der Waals surface area (Å²) in [6.45, 7) is 16.6. The van der Waals surface area contributed by atoms with E-state index in [2.05, 4.69) is 53.7 Å². The molecular formula is C29H39N3O3. The van der Waals surface area contributed by atoms with Gasteiger partial charge in [-0.3, -0.25) is 4.98 Å². The van der Waals surface area contributed by atoms with E-state index in [1.807, 2.05) is 20.0 Å². The topological polar surface area (TPSA) is 73.3 Å². The molecule has 1 N–H and O–H groups in total. The Balaban J connectivity index is 1.97. The first kappa shape index (κ1) is 25.4. The summed E-state index contributed by atoms with van der Waals surface area (Å²) in [5.41, 5.74) is 7.49. The monoisotopic (exact) mass is 477 g/mol. The van der Waals surface area contributed by atoms with Crippen molar-refractivity contribution in [1.82, 2.24) is 14.7 Å². The van der Waals surface area contributed by atoms with Gasteiger partial charge in [-0.2, -0.15) is 0 Å². The number of rotatable bonds is 7. The molecule has 0 unspecified atom stereocenters. The van der Waals surface area contributed by atoms with Crippen LogP contribution in [-0.2, 0) is 16.9 Å². The molecule has 1 fully saturated rings. The van der Waals surface area contributed by atoms with Crippen LogP contribution in [0, 0.1) is 26.7 Å². The van der Waals surface area contributed by atoms with Gasteiger partial charge in [0.05, 0.1) is 16.9 Å². The molecule has 0 amide bonds. The Labute approximate surface area is 208 Å². The Hall–Kier alpha value is -2.70. The summed E-state index contributed by atoms with van der Waals surface area (Å²) in [6, 6.07) is 2.06. The Morgan fingerprint density at radius 1 is 1.23 bits per heavy atom. The molecule has 3 aromatic heterocycles. The highest BCUT2D eigenvalue weighted by Gasteiger charge is 2.24. The number of aryl methyl sites for hydroxylation is 3. The lowest BCUT2D eigenvalue weighted by Gasteiger charge is -2.24. The van der Waals surface area contributed by atoms with Crippen molar-refractivity contribution in [3.8, 4) is 0 Å². The summed E-state index contributed by atoms with van der Waals surface area (Å²) in [7, 11) is 0. The number of nitrogens with zero attached hydrogens (tertiary/aromatic N) is 3. The van der Waals surface area contributed by atoms with Crippen molar-refractivity contribution in [3.63, 3.8) is 0 Å². The molecule has 188 valence electrons. The molecule has 0 bridgehead atoms. The summed E-state index contributed by atoms with van der Waals surface area (Å²) < 4.78 is 13.6. The highest BCUT2D eigenvalue weighted by atomic mass is 16.5. The summed E-state index contributed by atoms with van der Waals surface area (Å²) in [4.78, 5) is 4.62. The van der Waals surface area contributed by atoms with E-state index >= 15 is 0 Å². The number of pyridine rings is 1. The smallest absolute Gasteiger partial charge is 0.141 e. The first-order chi connectivity index (χ1) is 16.6. The lowest BCUT2D eigenvalue weighted by Crippen LogP contribution is -2.21. The molecule has 1 aliphatic rings. The number of allylic oxidation sites excluding steroid dienone is 3. The van der Waals surface area contributed by atoms with E-state index in [1.165, 1.54) is 11.1 Å². The number of aromatic nitrogens is 3. The molecule has 0 spiro atoms. The molecule has 3 aromatic rings. The minimum absolute atomic E-state index is 0.542. The predicted octanol–water partition coefficient (Wildman–Crippen LogP) is 6.50. The molecule has 0 aliphatic carbocycles. The Bertz CT molecular complexity index is 1250. The van der Waals surface area contributed by atoms with Gasteiger partial charge in [-0.15, -0.1) is 0 Å². The van der Waals surface area contributed by atoms with E-state index in [4.69, 9.17) is 9.26 Å². The quantitative estimate of drug-likeness (QED) is 0.393. The minimum Gasteiger partial charge on any atom is -0.384 e. The Kier molecular flexibility index (Phi) is 7.34. The Morgan fingerprint density at radius 2 is 1.94 bits per heavy atom. The van der Waals surface area contributed by atoms with Crippen LogP contribution in [0.4, 0.5) is 0 Å². The first-order valence-electron chi connectivity index (χ1n) is 12.7. The first-order valence-corrected chi connectivity index (χ1v) is 12.7. The minimum atomic E-state index is -1.01. The van der Waals surface area contributed by atoms with Crippen molar-refractivity contribution in [1.29, 1.82) is 0 Å². The van der Waals surface area contributed by atoms with Crippen LogP contribution < -0.4 is 0 Å². The van der Waals surface area contributed by atoms with E-state index in [0.29, 0.717) is 11.6 Å². The third kappa shape index (κ3) is 5.29. The van der Waals surface area contributed by atoms with E-state index in [-0.39, 0.29) is 0 Å². The zero-order valence-corrected chi connectivity index (χ0v) is 22.2. The van der Waals surface area contributed by atoms with Crippen molar-refractivity contribution < 1.29 is 14.4 Å². The van der Waals surface area contributed by atoms with Crippen LogP contribution in [0.5, 0.6) is 0 Å². The number of aliphatic hydroxyl groups is 1. The lowest BCUT2D eigenvalue weighted by molar-refractivity contribution is 0.0615. The molecule has 6 nitrogen and oxygen atoms in total. The Morgan fingerprint density at radius 3 is 2.54 bits per heavy atom. The van der Waals surface area contributed by atoms with Crippen LogP contribution in [0.1, 0.15) is 80.9 Å². The third-order valence-electron chi connectivity index (χ3n) is 7.23. The van der Waals surface area contributed by atoms with Crippen LogP contribution in [0.3, 0.4) is 0 Å². The fourth-order valence-corrected chi connectivity index (χ4v) is 4.93. The van der Waals surface area contributed by atoms with Gasteiger partial charge < -0.3 is 18.9 Å². The molecule has 0 atom stereocenters. The van der Waals surface area contributed by atoms with Gasteiger partial charge in [0, 0.05) is 42.6 Å². The molecule has 1 saturated heterocycles. The molecular weight excluding hydrogens is 438 g/mol. The summed E-state index contributed by atoms with van der Waals surface area (Å²) in [6.07, 6.45) is 9.53. The maximum absolute atomic E-state index is 10.7. The van der Waals surface area contributed by atoms with Gasteiger partial charge in [0.2, 0.25) is 0 Å². The number of fused-ring (bicyclic) bond motifs is 1. The maximum Gasteiger partial charge on any atom is 0.141 e. The van der Waals surface area contributed by atoms with Crippen LogP contribution in [0.25, 0.3) is 22.6 Å². The largest absolute Gasteiger partial charge is 0.384 e. The molecule has 35 heavy (non-hydrogen) atoms. The lowest BCUT2D eigenvalue weighted by atomic mass is 9.98. The summed E-state index contributed by atoms with van der Waals surface area (Å²) in [5, 5.41) is 16.0. The number of ether oxygens (including phenoxy) is 1.